The summed E-state index contributed by atoms with van der Waals surface area (Å²) in [6, 6.07) is -0.520. The van der Waals surface area contributed by atoms with Gasteiger partial charge in [-0.2, -0.15) is 0 Å². The first kappa shape index (κ1) is 17.4. The summed E-state index contributed by atoms with van der Waals surface area (Å²) >= 11 is 0. The lowest BCUT2D eigenvalue weighted by molar-refractivity contribution is -0.122. The highest BCUT2D eigenvalue weighted by molar-refractivity contribution is 5.75. The number of hydrogen-bond acceptors (Lipinski definition) is 3. The number of amides is 1. The standard InChI is InChI=1S/C14H29NO3/c1-3-5-6-7-8-9-10-13(17)12(11-16)15-14(18)4-2/h12-13,16-17H,3-11H2,1-2H3,(H,15,18). The average molecular weight is 259 g/mol. The normalized spacial score (nSPS) is 14.2. The lowest BCUT2D eigenvalue weighted by Crippen LogP contribution is -2.45. The van der Waals surface area contributed by atoms with E-state index in [2.05, 4.69) is 12.2 Å². The number of unbranched alkanes of at least 4 members (excludes halogenated alkanes) is 5. The van der Waals surface area contributed by atoms with Crippen LogP contribution in [0, 0.1) is 0 Å². The molecule has 1 amide bonds. The molecule has 0 saturated heterocycles. The molecule has 0 aromatic heterocycles. The van der Waals surface area contributed by atoms with Crippen LogP contribution in [0.4, 0.5) is 0 Å². The molecule has 0 heterocycles. The Balaban J connectivity index is 3.69. The van der Waals surface area contributed by atoms with Crippen LogP contribution >= 0.6 is 0 Å². The largest absolute Gasteiger partial charge is 0.394 e. The minimum atomic E-state index is -0.642. The first-order valence-electron chi connectivity index (χ1n) is 7.23. The fraction of sp³-hybridized carbons (Fsp3) is 0.929. The van der Waals surface area contributed by atoms with E-state index in [1.54, 1.807) is 6.92 Å². The second kappa shape index (κ2) is 11.5. The molecule has 4 nitrogen and oxygen atoms in total. The molecule has 0 rings (SSSR count). The molecule has 0 aromatic rings. The molecule has 0 saturated carbocycles. The van der Waals surface area contributed by atoms with Crippen molar-refractivity contribution in [2.24, 2.45) is 0 Å². The number of rotatable bonds is 11. The SMILES string of the molecule is CCCCCCCCC(O)C(CO)NC(=O)CC. The van der Waals surface area contributed by atoms with Crippen LogP contribution in [0.25, 0.3) is 0 Å². The zero-order valence-corrected chi connectivity index (χ0v) is 11.8. The molecule has 0 aliphatic heterocycles. The topological polar surface area (TPSA) is 69.6 Å². The van der Waals surface area contributed by atoms with Gasteiger partial charge < -0.3 is 15.5 Å². The first-order chi connectivity index (χ1) is 8.65. The first-order valence-corrected chi connectivity index (χ1v) is 7.23. The van der Waals surface area contributed by atoms with E-state index < -0.39 is 12.1 Å². The Morgan fingerprint density at radius 2 is 1.72 bits per heavy atom. The monoisotopic (exact) mass is 259 g/mol. The molecule has 108 valence electrons. The highest BCUT2D eigenvalue weighted by atomic mass is 16.3. The quantitative estimate of drug-likeness (QED) is 0.497. The van der Waals surface area contributed by atoms with Crippen LogP contribution in [0.3, 0.4) is 0 Å². The molecule has 0 spiro atoms. The van der Waals surface area contributed by atoms with Gasteiger partial charge in [-0.05, 0) is 6.42 Å². The molecule has 0 radical (unpaired) electrons. The van der Waals surface area contributed by atoms with Crippen molar-refractivity contribution in [2.45, 2.75) is 77.4 Å². The van der Waals surface area contributed by atoms with E-state index in [1.807, 2.05) is 0 Å². The molecule has 0 fully saturated rings. The molecular formula is C14H29NO3. The van der Waals surface area contributed by atoms with Gasteiger partial charge in [-0.25, -0.2) is 0 Å². The van der Waals surface area contributed by atoms with E-state index in [0.29, 0.717) is 12.8 Å². The Morgan fingerprint density at radius 3 is 2.28 bits per heavy atom. The van der Waals surface area contributed by atoms with E-state index in [1.165, 1.54) is 25.7 Å². The van der Waals surface area contributed by atoms with Crippen LogP contribution in [0.2, 0.25) is 0 Å². The molecule has 2 unspecified atom stereocenters. The van der Waals surface area contributed by atoms with Crippen LogP contribution in [0.1, 0.15) is 65.2 Å². The van der Waals surface area contributed by atoms with Crippen LogP contribution < -0.4 is 5.32 Å². The highest BCUT2D eigenvalue weighted by Crippen LogP contribution is 2.10. The summed E-state index contributed by atoms with van der Waals surface area (Å²) in [5.74, 6) is -0.129. The van der Waals surface area contributed by atoms with Gasteiger partial charge in [0.15, 0.2) is 0 Å². The number of carbonyl (C=O) groups is 1. The van der Waals surface area contributed by atoms with Gasteiger partial charge in [-0.15, -0.1) is 0 Å². The molecule has 2 atom stereocenters. The number of nitrogens with one attached hydrogen (secondary N) is 1. The van der Waals surface area contributed by atoms with E-state index in [4.69, 9.17) is 5.11 Å². The Hall–Kier alpha value is -0.610. The average Bonchev–Trinajstić information content (AvgIpc) is 2.39. The second-order valence-corrected chi connectivity index (χ2v) is 4.83. The maximum atomic E-state index is 11.2. The summed E-state index contributed by atoms with van der Waals surface area (Å²) in [6.07, 6.45) is 7.39. The summed E-state index contributed by atoms with van der Waals surface area (Å²) in [4.78, 5) is 11.2. The summed E-state index contributed by atoms with van der Waals surface area (Å²) in [6.45, 7) is 3.73. The van der Waals surface area contributed by atoms with Gasteiger partial charge in [-0.3, -0.25) is 4.79 Å². The van der Waals surface area contributed by atoms with Crippen LogP contribution in [0.5, 0.6) is 0 Å². The van der Waals surface area contributed by atoms with Crippen molar-refractivity contribution in [1.29, 1.82) is 0 Å². The Bertz CT molecular complexity index is 209. The smallest absolute Gasteiger partial charge is 0.220 e. The van der Waals surface area contributed by atoms with Gasteiger partial charge >= 0.3 is 0 Å². The lowest BCUT2D eigenvalue weighted by Gasteiger charge is -2.22. The van der Waals surface area contributed by atoms with Crippen LogP contribution in [-0.4, -0.2) is 34.9 Å². The molecule has 0 aromatic carbocycles. The van der Waals surface area contributed by atoms with Crippen molar-refractivity contribution >= 4 is 5.91 Å². The summed E-state index contributed by atoms with van der Waals surface area (Å²) < 4.78 is 0. The van der Waals surface area contributed by atoms with Crippen molar-refractivity contribution in [3.8, 4) is 0 Å². The van der Waals surface area contributed by atoms with E-state index in [9.17, 15) is 9.90 Å². The molecular weight excluding hydrogens is 230 g/mol. The van der Waals surface area contributed by atoms with Gasteiger partial charge in [-0.1, -0.05) is 52.4 Å². The second-order valence-electron chi connectivity index (χ2n) is 4.83. The summed E-state index contributed by atoms with van der Waals surface area (Å²) in [5.41, 5.74) is 0. The van der Waals surface area contributed by atoms with Crippen molar-refractivity contribution in [3.05, 3.63) is 0 Å². The molecule has 18 heavy (non-hydrogen) atoms. The summed E-state index contributed by atoms with van der Waals surface area (Å²) in [7, 11) is 0. The molecule has 0 bridgehead atoms. The highest BCUT2D eigenvalue weighted by Gasteiger charge is 2.19. The third-order valence-corrected chi connectivity index (χ3v) is 3.18. The lowest BCUT2D eigenvalue weighted by atomic mass is 10.0. The van der Waals surface area contributed by atoms with Crippen molar-refractivity contribution in [3.63, 3.8) is 0 Å². The van der Waals surface area contributed by atoms with Gasteiger partial charge in [0.2, 0.25) is 5.91 Å². The number of aliphatic hydroxyl groups is 2. The van der Waals surface area contributed by atoms with E-state index in [0.717, 1.165) is 12.8 Å². The Morgan fingerprint density at radius 1 is 1.11 bits per heavy atom. The Labute approximate surface area is 111 Å². The van der Waals surface area contributed by atoms with Crippen molar-refractivity contribution in [1.82, 2.24) is 5.32 Å². The number of aliphatic hydroxyl groups excluding tert-OH is 2. The van der Waals surface area contributed by atoms with Crippen molar-refractivity contribution < 1.29 is 15.0 Å². The van der Waals surface area contributed by atoms with Crippen LogP contribution in [-0.2, 0) is 4.79 Å². The predicted molar refractivity (Wildman–Crippen MR) is 73.3 cm³/mol. The van der Waals surface area contributed by atoms with E-state index in [-0.39, 0.29) is 12.5 Å². The molecule has 0 aliphatic carbocycles. The van der Waals surface area contributed by atoms with Gasteiger partial charge in [0.05, 0.1) is 18.8 Å². The third kappa shape index (κ3) is 8.48. The maximum Gasteiger partial charge on any atom is 0.220 e. The van der Waals surface area contributed by atoms with Gasteiger partial charge in [0.1, 0.15) is 0 Å². The number of carbonyl (C=O) groups excluding carboxylic acids is 1. The molecule has 3 N–H and O–H groups in total. The zero-order valence-electron chi connectivity index (χ0n) is 11.8. The molecule has 0 aliphatic rings. The minimum absolute atomic E-state index is 0.129. The Kier molecular flexibility index (Phi) is 11.1. The predicted octanol–water partition coefficient (Wildman–Crippen LogP) is 1.98. The van der Waals surface area contributed by atoms with Crippen molar-refractivity contribution in [2.75, 3.05) is 6.61 Å². The third-order valence-electron chi connectivity index (χ3n) is 3.18. The minimum Gasteiger partial charge on any atom is -0.394 e. The van der Waals surface area contributed by atoms with Gasteiger partial charge in [0, 0.05) is 6.42 Å². The maximum absolute atomic E-state index is 11.2. The molecule has 4 heteroatoms. The zero-order chi connectivity index (χ0) is 13.8. The number of hydrogen-bond donors (Lipinski definition) is 3. The fourth-order valence-electron chi connectivity index (χ4n) is 1.91. The summed E-state index contributed by atoms with van der Waals surface area (Å²) in [5, 5.41) is 21.7. The fourth-order valence-corrected chi connectivity index (χ4v) is 1.91. The van der Waals surface area contributed by atoms with Gasteiger partial charge in [0.25, 0.3) is 0 Å². The van der Waals surface area contributed by atoms with E-state index >= 15 is 0 Å². The van der Waals surface area contributed by atoms with Crippen LogP contribution in [0.15, 0.2) is 0 Å².